The van der Waals surface area contributed by atoms with Crippen LogP contribution in [0, 0.1) is 13.8 Å². The molecule has 0 N–H and O–H groups in total. The molecule has 0 aliphatic heterocycles. The lowest BCUT2D eigenvalue weighted by atomic mass is 10.1. The van der Waals surface area contributed by atoms with Crippen LogP contribution >= 0.6 is 11.3 Å². The number of fused-ring (bicyclic) bond motifs is 1. The Morgan fingerprint density at radius 2 is 2.00 bits per heavy atom. The molecule has 0 saturated carbocycles. The van der Waals surface area contributed by atoms with E-state index >= 15 is 0 Å². The van der Waals surface area contributed by atoms with Gasteiger partial charge in [-0.2, -0.15) is 0 Å². The van der Waals surface area contributed by atoms with Gasteiger partial charge in [-0.15, -0.1) is 11.3 Å². The Kier molecular flexibility index (Phi) is 1.46. The topological polar surface area (TPSA) is 0 Å². The summed E-state index contributed by atoms with van der Waals surface area (Å²) >= 11 is 1.82. The summed E-state index contributed by atoms with van der Waals surface area (Å²) in [7, 11) is 0. The average molecular weight is 162 g/mol. The smallest absolute Gasteiger partial charge is 0.0348 e. The summed E-state index contributed by atoms with van der Waals surface area (Å²) in [5.41, 5.74) is 2.75. The molecular weight excluding hydrogens is 152 g/mol. The minimum absolute atomic E-state index is 1.36. The van der Waals surface area contributed by atoms with Gasteiger partial charge >= 0.3 is 0 Å². The van der Waals surface area contributed by atoms with E-state index in [2.05, 4.69) is 37.4 Å². The predicted octanol–water partition coefficient (Wildman–Crippen LogP) is 3.52. The van der Waals surface area contributed by atoms with E-state index in [4.69, 9.17) is 0 Å². The Bertz CT molecular complexity index is 385. The van der Waals surface area contributed by atoms with Gasteiger partial charge in [0.15, 0.2) is 0 Å². The van der Waals surface area contributed by atoms with E-state index in [0.717, 1.165) is 0 Å². The van der Waals surface area contributed by atoms with Gasteiger partial charge in [-0.25, -0.2) is 0 Å². The van der Waals surface area contributed by atoms with Crippen molar-refractivity contribution in [1.29, 1.82) is 0 Å². The Morgan fingerprint density at radius 1 is 1.18 bits per heavy atom. The van der Waals surface area contributed by atoms with Crippen LogP contribution in [0.15, 0.2) is 23.6 Å². The lowest BCUT2D eigenvalue weighted by molar-refractivity contribution is 1.44. The lowest BCUT2D eigenvalue weighted by Crippen LogP contribution is -1.75. The van der Waals surface area contributed by atoms with Crippen LogP contribution in [0.2, 0.25) is 0 Å². The van der Waals surface area contributed by atoms with E-state index < -0.39 is 0 Å². The molecule has 11 heavy (non-hydrogen) atoms. The van der Waals surface area contributed by atoms with Gasteiger partial charge in [-0.05, 0) is 47.9 Å². The molecule has 0 fully saturated rings. The number of rotatable bonds is 0. The number of hydrogen-bond acceptors (Lipinski definition) is 1. The molecule has 0 unspecified atom stereocenters. The second-order valence-electron chi connectivity index (χ2n) is 2.91. The lowest BCUT2D eigenvalue weighted by Gasteiger charge is -1.97. The van der Waals surface area contributed by atoms with Crippen LogP contribution in [0.4, 0.5) is 0 Å². The van der Waals surface area contributed by atoms with Crippen molar-refractivity contribution in [2.24, 2.45) is 0 Å². The van der Waals surface area contributed by atoms with Crippen LogP contribution in [-0.2, 0) is 0 Å². The largest absolute Gasteiger partial charge is 0.144 e. The van der Waals surface area contributed by atoms with Crippen molar-refractivity contribution in [1.82, 2.24) is 0 Å². The van der Waals surface area contributed by atoms with Crippen molar-refractivity contribution >= 4 is 21.4 Å². The molecule has 0 saturated heterocycles. The molecular formula is C10H10S. The van der Waals surface area contributed by atoms with Gasteiger partial charge in [-0.1, -0.05) is 6.07 Å². The van der Waals surface area contributed by atoms with Gasteiger partial charge in [0, 0.05) is 4.70 Å². The molecule has 0 amide bonds. The van der Waals surface area contributed by atoms with Gasteiger partial charge in [0.2, 0.25) is 0 Å². The standard InChI is InChI=1S/C10H10S/c1-7-5-8(2)9-3-4-11-10(9)6-7/h3-6H,1-2H3. The van der Waals surface area contributed by atoms with Crippen molar-refractivity contribution in [3.05, 3.63) is 34.7 Å². The minimum atomic E-state index is 1.36. The van der Waals surface area contributed by atoms with Crippen LogP contribution in [0.5, 0.6) is 0 Å². The minimum Gasteiger partial charge on any atom is -0.144 e. The van der Waals surface area contributed by atoms with E-state index in [1.165, 1.54) is 21.2 Å². The zero-order valence-electron chi connectivity index (χ0n) is 6.72. The molecule has 0 aliphatic rings. The van der Waals surface area contributed by atoms with Gasteiger partial charge in [-0.3, -0.25) is 0 Å². The van der Waals surface area contributed by atoms with E-state index in [1.807, 2.05) is 11.3 Å². The zero-order valence-corrected chi connectivity index (χ0v) is 7.53. The van der Waals surface area contributed by atoms with E-state index in [9.17, 15) is 0 Å². The summed E-state index contributed by atoms with van der Waals surface area (Å²) in [6, 6.07) is 6.66. The van der Waals surface area contributed by atoms with Crippen molar-refractivity contribution in [3.8, 4) is 0 Å². The first-order valence-corrected chi connectivity index (χ1v) is 4.60. The molecule has 0 radical (unpaired) electrons. The molecule has 1 aromatic carbocycles. The maximum Gasteiger partial charge on any atom is 0.0348 e. The normalized spacial score (nSPS) is 10.7. The summed E-state index contributed by atoms with van der Waals surface area (Å²) in [5.74, 6) is 0. The quantitative estimate of drug-likeness (QED) is 0.556. The molecule has 0 nitrogen and oxygen atoms in total. The SMILES string of the molecule is Cc1cc(C)c2ccsc2c1. The fraction of sp³-hybridized carbons (Fsp3) is 0.200. The van der Waals surface area contributed by atoms with Crippen LogP contribution in [-0.4, -0.2) is 0 Å². The molecule has 56 valence electrons. The summed E-state index contributed by atoms with van der Waals surface area (Å²) in [5, 5.41) is 3.55. The van der Waals surface area contributed by atoms with E-state index in [0.29, 0.717) is 0 Å². The Labute approximate surface area is 70.5 Å². The van der Waals surface area contributed by atoms with Gasteiger partial charge < -0.3 is 0 Å². The molecule has 1 heterocycles. The number of thiophene rings is 1. The fourth-order valence-electron chi connectivity index (χ4n) is 1.43. The third-order valence-corrected chi connectivity index (χ3v) is 2.79. The first-order valence-electron chi connectivity index (χ1n) is 3.72. The highest BCUT2D eigenvalue weighted by Crippen LogP contribution is 2.24. The fourth-order valence-corrected chi connectivity index (χ4v) is 2.39. The first-order chi connectivity index (χ1) is 5.27. The van der Waals surface area contributed by atoms with Gasteiger partial charge in [0.25, 0.3) is 0 Å². The van der Waals surface area contributed by atoms with Gasteiger partial charge in [0.1, 0.15) is 0 Å². The monoisotopic (exact) mass is 162 g/mol. The maximum absolute atomic E-state index is 2.24. The third-order valence-electron chi connectivity index (χ3n) is 1.92. The summed E-state index contributed by atoms with van der Waals surface area (Å²) in [6.45, 7) is 4.31. The maximum atomic E-state index is 2.24. The summed E-state index contributed by atoms with van der Waals surface area (Å²) in [6.07, 6.45) is 0. The number of benzene rings is 1. The van der Waals surface area contributed by atoms with Crippen LogP contribution in [0.3, 0.4) is 0 Å². The Morgan fingerprint density at radius 3 is 2.82 bits per heavy atom. The van der Waals surface area contributed by atoms with Crippen LogP contribution in [0.1, 0.15) is 11.1 Å². The molecule has 0 bridgehead atoms. The third kappa shape index (κ3) is 1.05. The van der Waals surface area contributed by atoms with E-state index in [-0.39, 0.29) is 0 Å². The molecule has 2 rings (SSSR count). The molecule has 0 aliphatic carbocycles. The van der Waals surface area contributed by atoms with Crippen molar-refractivity contribution in [2.45, 2.75) is 13.8 Å². The highest BCUT2D eigenvalue weighted by molar-refractivity contribution is 7.17. The molecule has 2 aromatic rings. The zero-order chi connectivity index (χ0) is 7.84. The first kappa shape index (κ1) is 6.86. The molecule has 1 heteroatoms. The number of aryl methyl sites for hydroxylation is 2. The highest BCUT2D eigenvalue weighted by Gasteiger charge is 1.97. The van der Waals surface area contributed by atoms with Gasteiger partial charge in [0.05, 0.1) is 0 Å². The average Bonchev–Trinajstić information content (AvgIpc) is 2.34. The molecule has 0 atom stereocenters. The predicted molar refractivity (Wildman–Crippen MR) is 51.3 cm³/mol. The second kappa shape index (κ2) is 2.35. The van der Waals surface area contributed by atoms with Crippen LogP contribution < -0.4 is 0 Å². The molecule has 1 aromatic heterocycles. The van der Waals surface area contributed by atoms with Crippen LogP contribution in [0.25, 0.3) is 10.1 Å². The Hall–Kier alpha value is -0.820. The molecule has 0 spiro atoms. The second-order valence-corrected chi connectivity index (χ2v) is 3.86. The summed E-state index contributed by atoms with van der Waals surface area (Å²) < 4.78 is 1.41. The number of hydrogen-bond donors (Lipinski definition) is 0. The van der Waals surface area contributed by atoms with Crippen molar-refractivity contribution < 1.29 is 0 Å². The highest BCUT2D eigenvalue weighted by atomic mass is 32.1. The summed E-state index contributed by atoms with van der Waals surface area (Å²) in [4.78, 5) is 0. The van der Waals surface area contributed by atoms with Crippen molar-refractivity contribution in [3.63, 3.8) is 0 Å². The van der Waals surface area contributed by atoms with Crippen molar-refractivity contribution in [2.75, 3.05) is 0 Å². The Balaban J connectivity index is 2.91. The van der Waals surface area contributed by atoms with E-state index in [1.54, 1.807) is 0 Å².